The standard InChI is InChI=1S/C15H30N2O2/c1-15(2,9-5-3-7-11(16)13(9)18)10-6-4-8-12(17)14(10)19/h9-14,18-19H,3-8,16-17H2,1-2H3. The summed E-state index contributed by atoms with van der Waals surface area (Å²) in [4.78, 5) is 0. The molecule has 0 spiro atoms. The van der Waals surface area contributed by atoms with Crippen molar-refractivity contribution in [2.75, 3.05) is 0 Å². The average molecular weight is 270 g/mol. The molecule has 0 bridgehead atoms. The second-order valence-corrected chi connectivity index (χ2v) is 7.21. The Morgan fingerprint density at radius 2 is 1.16 bits per heavy atom. The minimum atomic E-state index is -0.450. The Kier molecular flexibility index (Phi) is 4.56. The second-order valence-electron chi connectivity index (χ2n) is 7.21. The van der Waals surface area contributed by atoms with Crippen molar-refractivity contribution in [3.05, 3.63) is 0 Å². The molecule has 112 valence electrons. The molecule has 6 unspecified atom stereocenters. The molecule has 0 saturated heterocycles. The van der Waals surface area contributed by atoms with E-state index in [1.165, 1.54) is 0 Å². The fourth-order valence-electron chi connectivity index (χ4n) is 4.33. The van der Waals surface area contributed by atoms with Gasteiger partial charge in [0.15, 0.2) is 0 Å². The molecule has 2 fully saturated rings. The summed E-state index contributed by atoms with van der Waals surface area (Å²) >= 11 is 0. The van der Waals surface area contributed by atoms with Crippen LogP contribution in [0.2, 0.25) is 0 Å². The van der Waals surface area contributed by atoms with Crippen molar-refractivity contribution in [3.63, 3.8) is 0 Å². The fraction of sp³-hybridized carbons (Fsp3) is 1.00. The van der Waals surface area contributed by atoms with Crippen molar-refractivity contribution < 1.29 is 10.2 Å². The fourth-order valence-corrected chi connectivity index (χ4v) is 4.33. The molecule has 2 saturated carbocycles. The molecule has 0 amide bonds. The Bertz CT molecular complexity index is 281. The average Bonchev–Trinajstić information content (AvgIpc) is 2.35. The molecule has 0 aromatic carbocycles. The monoisotopic (exact) mass is 270 g/mol. The SMILES string of the molecule is CC(C)(C1CCCC(N)C1O)C1CCCC(N)C1O. The summed E-state index contributed by atoms with van der Waals surface area (Å²) in [7, 11) is 0. The van der Waals surface area contributed by atoms with Gasteiger partial charge in [-0.25, -0.2) is 0 Å². The van der Waals surface area contributed by atoms with Gasteiger partial charge in [0, 0.05) is 12.1 Å². The molecule has 0 radical (unpaired) electrons. The van der Waals surface area contributed by atoms with Crippen molar-refractivity contribution in [3.8, 4) is 0 Å². The zero-order valence-corrected chi connectivity index (χ0v) is 12.3. The first kappa shape index (κ1) is 15.2. The van der Waals surface area contributed by atoms with Gasteiger partial charge in [0.1, 0.15) is 0 Å². The molecule has 0 aromatic heterocycles. The summed E-state index contributed by atoms with van der Waals surface area (Å²) in [5.41, 5.74) is 11.9. The van der Waals surface area contributed by atoms with Crippen LogP contribution < -0.4 is 11.5 Å². The van der Waals surface area contributed by atoms with Crippen molar-refractivity contribution in [2.24, 2.45) is 28.7 Å². The molecule has 0 heterocycles. The Morgan fingerprint density at radius 1 is 0.789 bits per heavy atom. The normalized spacial score (nSPS) is 45.2. The summed E-state index contributed by atoms with van der Waals surface area (Å²) in [6, 6.07) is -0.236. The van der Waals surface area contributed by atoms with Crippen LogP contribution >= 0.6 is 0 Å². The van der Waals surface area contributed by atoms with Gasteiger partial charge in [-0.2, -0.15) is 0 Å². The summed E-state index contributed by atoms with van der Waals surface area (Å²) in [6.45, 7) is 4.34. The van der Waals surface area contributed by atoms with Crippen LogP contribution in [0, 0.1) is 17.3 Å². The minimum Gasteiger partial charge on any atom is -0.391 e. The van der Waals surface area contributed by atoms with Crippen LogP contribution in [-0.4, -0.2) is 34.5 Å². The number of hydrogen-bond acceptors (Lipinski definition) is 4. The second kappa shape index (κ2) is 5.68. The molecule has 0 aromatic rings. The first-order valence-electron chi connectivity index (χ1n) is 7.73. The van der Waals surface area contributed by atoms with Crippen LogP contribution in [0.1, 0.15) is 52.4 Å². The van der Waals surface area contributed by atoms with E-state index in [0.29, 0.717) is 0 Å². The zero-order chi connectivity index (χ0) is 14.2. The molecule has 2 rings (SSSR count). The van der Waals surface area contributed by atoms with Gasteiger partial charge in [-0.1, -0.05) is 26.7 Å². The van der Waals surface area contributed by atoms with E-state index in [2.05, 4.69) is 13.8 Å². The lowest BCUT2D eigenvalue weighted by Crippen LogP contribution is -2.55. The molecular formula is C15H30N2O2. The summed E-state index contributed by atoms with van der Waals surface area (Å²) in [6.07, 6.45) is 5.05. The predicted molar refractivity (Wildman–Crippen MR) is 76.4 cm³/mol. The third-order valence-corrected chi connectivity index (χ3v) is 5.72. The van der Waals surface area contributed by atoms with Crippen molar-refractivity contribution in [1.82, 2.24) is 0 Å². The van der Waals surface area contributed by atoms with Crippen molar-refractivity contribution in [1.29, 1.82) is 0 Å². The largest absolute Gasteiger partial charge is 0.391 e. The van der Waals surface area contributed by atoms with Gasteiger partial charge in [-0.05, 0) is 42.9 Å². The van der Waals surface area contributed by atoms with Crippen LogP contribution in [0.5, 0.6) is 0 Å². The van der Waals surface area contributed by atoms with E-state index in [1.807, 2.05) is 0 Å². The summed E-state index contributed by atoms with van der Waals surface area (Å²) in [5, 5.41) is 20.8. The van der Waals surface area contributed by atoms with E-state index < -0.39 is 12.2 Å². The van der Waals surface area contributed by atoms with E-state index in [1.54, 1.807) is 0 Å². The van der Waals surface area contributed by atoms with E-state index >= 15 is 0 Å². The lowest BCUT2D eigenvalue weighted by Gasteiger charge is -2.50. The molecule has 2 aliphatic rings. The number of rotatable bonds is 2. The van der Waals surface area contributed by atoms with Crippen molar-refractivity contribution in [2.45, 2.75) is 76.7 Å². The Balaban J connectivity index is 2.15. The Hall–Kier alpha value is -0.160. The van der Waals surface area contributed by atoms with Gasteiger partial charge in [0.2, 0.25) is 0 Å². The minimum absolute atomic E-state index is 0.116. The predicted octanol–water partition coefficient (Wildman–Crippen LogP) is 0.989. The highest BCUT2D eigenvalue weighted by molar-refractivity contribution is 4.99. The van der Waals surface area contributed by atoms with Crippen LogP contribution in [-0.2, 0) is 0 Å². The first-order valence-corrected chi connectivity index (χ1v) is 7.73. The van der Waals surface area contributed by atoms with E-state index in [9.17, 15) is 10.2 Å². The number of nitrogens with two attached hydrogens (primary N) is 2. The van der Waals surface area contributed by atoms with Crippen LogP contribution in [0.3, 0.4) is 0 Å². The third kappa shape index (κ3) is 2.82. The number of aliphatic hydroxyl groups is 2. The van der Waals surface area contributed by atoms with Crippen LogP contribution in [0.25, 0.3) is 0 Å². The smallest absolute Gasteiger partial charge is 0.0724 e. The summed E-state index contributed by atoms with van der Waals surface area (Å²) < 4.78 is 0. The highest BCUT2D eigenvalue weighted by atomic mass is 16.3. The van der Waals surface area contributed by atoms with Gasteiger partial charge in [0.05, 0.1) is 12.2 Å². The third-order valence-electron chi connectivity index (χ3n) is 5.72. The number of aliphatic hydroxyl groups excluding tert-OH is 2. The van der Waals surface area contributed by atoms with Gasteiger partial charge in [-0.15, -0.1) is 0 Å². The van der Waals surface area contributed by atoms with E-state index in [4.69, 9.17) is 11.5 Å². The maximum Gasteiger partial charge on any atom is 0.0724 e. The maximum atomic E-state index is 10.4. The van der Waals surface area contributed by atoms with E-state index in [0.717, 1.165) is 38.5 Å². The zero-order valence-electron chi connectivity index (χ0n) is 12.3. The molecular weight excluding hydrogens is 240 g/mol. The highest BCUT2D eigenvalue weighted by Gasteiger charge is 2.48. The lowest BCUT2D eigenvalue weighted by molar-refractivity contribution is -0.0858. The molecule has 19 heavy (non-hydrogen) atoms. The Labute approximate surface area is 116 Å². The molecule has 2 aliphatic carbocycles. The molecule has 4 nitrogen and oxygen atoms in total. The molecule has 4 heteroatoms. The van der Waals surface area contributed by atoms with Gasteiger partial charge in [0.25, 0.3) is 0 Å². The van der Waals surface area contributed by atoms with Gasteiger partial charge < -0.3 is 21.7 Å². The lowest BCUT2D eigenvalue weighted by atomic mass is 9.58. The molecule has 0 aliphatic heterocycles. The highest BCUT2D eigenvalue weighted by Crippen LogP contribution is 2.48. The number of hydrogen-bond donors (Lipinski definition) is 4. The topological polar surface area (TPSA) is 92.5 Å². The van der Waals surface area contributed by atoms with Gasteiger partial charge in [-0.3, -0.25) is 0 Å². The Morgan fingerprint density at radius 3 is 1.53 bits per heavy atom. The van der Waals surface area contributed by atoms with Crippen molar-refractivity contribution >= 4 is 0 Å². The van der Waals surface area contributed by atoms with Crippen LogP contribution in [0.15, 0.2) is 0 Å². The van der Waals surface area contributed by atoms with E-state index in [-0.39, 0.29) is 29.3 Å². The molecule has 6 atom stereocenters. The quantitative estimate of drug-likeness (QED) is 0.602. The maximum absolute atomic E-state index is 10.4. The molecule has 6 N–H and O–H groups in total. The van der Waals surface area contributed by atoms with Crippen LogP contribution in [0.4, 0.5) is 0 Å². The summed E-state index contributed by atoms with van der Waals surface area (Å²) in [5.74, 6) is 0.336. The van der Waals surface area contributed by atoms with Gasteiger partial charge >= 0.3 is 0 Å². The first-order chi connectivity index (χ1) is 8.85.